The molecule has 0 aromatic heterocycles. The fraction of sp³-hybridized carbons (Fsp3) is 0.316. The lowest BCUT2D eigenvalue weighted by molar-refractivity contribution is 0.280. The van der Waals surface area contributed by atoms with Crippen LogP contribution in [-0.4, -0.2) is 24.2 Å². The number of rotatable bonds is 7. The Morgan fingerprint density at radius 3 is 2.42 bits per heavy atom. The summed E-state index contributed by atoms with van der Waals surface area (Å²) in [6.07, 6.45) is 0.898. The van der Waals surface area contributed by atoms with E-state index in [0.29, 0.717) is 6.54 Å². The minimum Gasteiger partial charge on any atom is -0.392 e. The highest BCUT2D eigenvalue weighted by atomic mass is 35.5. The van der Waals surface area contributed by atoms with Crippen molar-refractivity contribution in [1.82, 2.24) is 10.6 Å². The molecule has 0 spiro atoms. The SMILES string of the molecule is CCNC(=NCc1ccccc1CO)NCCc1ccc(Cl)cc1. The summed E-state index contributed by atoms with van der Waals surface area (Å²) in [5.41, 5.74) is 3.18. The Kier molecular flexibility index (Phi) is 7.59. The molecule has 0 radical (unpaired) electrons. The van der Waals surface area contributed by atoms with Gasteiger partial charge in [-0.05, 0) is 42.2 Å². The average molecular weight is 346 g/mol. The number of nitrogens with one attached hydrogen (secondary N) is 2. The fourth-order valence-corrected chi connectivity index (χ4v) is 2.47. The standard InChI is InChI=1S/C19H24ClN3O/c1-2-21-19(22-12-11-15-7-9-18(20)10-8-15)23-13-16-5-3-4-6-17(16)14-24/h3-10,24H,2,11-14H2,1H3,(H2,21,22,23). The van der Waals surface area contributed by atoms with Gasteiger partial charge in [-0.25, -0.2) is 4.99 Å². The smallest absolute Gasteiger partial charge is 0.191 e. The summed E-state index contributed by atoms with van der Waals surface area (Å²) < 4.78 is 0. The fourth-order valence-electron chi connectivity index (χ4n) is 2.35. The number of nitrogens with zero attached hydrogens (tertiary/aromatic N) is 1. The van der Waals surface area contributed by atoms with Crippen LogP contribution in [0.1, 0.15) is 23.6 Å². The van der Waals surface area contributed by atoms with Crippen molar-refractivity contribution in [3.63, 3.8) is 0 Å². The summed E-state index contributed by atoms with van der Waals surface area (Å²) >= 11 is 5.90. The monoisotopic (exact) mass is 345 g/mol. The number of aliphatic hydroxyl groups excluding tert-OH is 1. The van der Waals surface area contributed by atoms with E-state index in [-0.39, 0.29) is 6.61 Å². The Labute approximate surface area is 148 Å². The molecule has 24 heavy (non-hydrogen) atoms. The summed E-state index contributed by atoms with van der Waals surface area (Å²) in [6, 6.07) is 15.7. The predicted octanol–water partition coefficient (Wildman–Crippen LogP) is 3.13. The number of benzene rings is 2. The maximum absolute atomic E-state index is 9.38. The first-order chi connectivity index (χ1) is 11.7. The van der Waals surface area contributed by atoms with E-state index >= 15 is 0 Å². The topological polar surface area (TPSA) is 56.7 Å². The Balaban J connectivity index is 1.91. The molecule has 0 amide bonds. The van der Waals surface area contributed by atoms with Gasteiger partial charge >= 0.3 is 0 Å². The number of aliphatic hydroxyl groups is 1. The molecule has 0 aliphatic carbocycles. The zero-order chi connectivity index (χ0) is 17.2. The first-order valence-electron chi connectivity index (χ1n) is 8.17. The summed E-state index contributed by atoms with van der Waals surface area (Å²) in [5.74, 6) is 0.777. The number of hydrogen-bond donors (Lipinski definition) is 3. The highest BCUT2D eigenvalue weighted by molar-refractivity contribution is 6.30. The van der Waals surface area contributed by atoms with Gasteiger partial charge in [0.05, 0.1) is 13.2 Å². The van der Waals surface area contributed by atoms with Crippen molar-refractivity contribution < 1.29 is 5.11 Å². The maximum atomic E-state index is 9.38. The molecule has 0 saturated heterocycles. The zero-order valence-electron chi connectivity index (χ0n) is 13.9. The van der Waals surface area contributed by atoms with E-state index in [0.717, 1.165) is 41.6 Å². The quantitative estimate of drug-likeness (QED) is 0.534. The summed E-state index contributed by atoms with van der Waals surface area (Å²) in [5, 5.41) is 16.7. The normalized spacial score (nSPS) is 11.4. The third-order valence-electron chi connectivity index (χ3n) is 3.66. The molecule has 4 nitrogen and oxygen atoms in total. The summed E-state index contributed by atoms with van der Waals surface area (Å²) in [6.45, 7) is 4.20. The first-order valence-corrected chi connectivity index (χ1v) is 8.55. The van der Waals surface area contributed by atoms with Gasteiger partial charge in [0.1, 0.15) is 0 Å². The average Bonchev–Trinajstić information content (AvgIpc) is 2.61. The van der Waals surface area contributed by atoms with Crippen LogP contribution in [0.2, 0.25) is 5.02 Å². The van der Waals surface area contributed by atoms with Gasteiger partial charge in [0, 0.05) is 18.1 Å². The van der Waals surface area contributed by atoms with E-state index in [2.05, 4.69) is 15.6 Å². The third kappa shape index (κ3) is 5.87. The maximum Gasteiger partial charge on any atom is 0.191 e. The van der Waals surface area contributed by atoms with Crippen molar-refractivity contribution in [2.24, 2.45) is 4.99 Å². The predicted molar refractivity (Wildman–Crippen MR) is 100 cm³/mol. The number of guanidine groups is 1. The van der Waals surface area contributed by atoms with Gasteiger partial charge in [0.25, 0.3) is 0 Å². The molecule has 0 saturated carbocycles. The molecule has 0 unspecified atom stereocenters. The van der Waals surface area contributed by atoms with Crippen LogP contribution in [0.15, 0.2) is 53.5 Å². The van der Waals surface area contributed by atoms with Gasteiger partial charge in [0.2, 0.25) is 0 Å². The van der Waals surface area contributed by atoms with Crippen LogP contribution in [-0.2, 0) is 19.6 Å². The van der Waals surface area contributed by atoms with Crippen molar-refractivity contribution >= 4 is 17.6 Å². The lowest BCUT2D eigenvalue weighted by Gasteiger charge is -2.12. The molecule has 2 aromatic carbocycles. The highest BCUT2D eigenvalue weighted by Gasteiger charge is 2.02. The molecule has 2 aromatic rings. The molecule has 3 N–H and O–H groups in total. The zero-order valence-corrected chi connectivity index (χ0v) is 14.7. The lowest BCUT2D eigenvalue weighted by Crippen LogP contribution is -2.38. The molecule has 5 heteroatoms. The third-order valence-corrected chi connectivity index (χ3v) is 3.91. The van der Waals surface area contributed by atoms with E-state index in [1.165, 1.54) is 5.56 Å². The van der Waals surface area contributed by atoms with E-state index < -0.39 is 0 Å². The summed E-state index contributed by atoms with van der Waals surface area (Å²) in [4.78, 5) is 4.60. The second-order valence-corrected chi connectivity index (χ2v) is 5.86. The van der Waals surface area contributed by atoms with Crippen molar-refractivity contribution in [3.8, 4) is 0 Å². The Bertz CT molecular complexity index is 656. The van der Waals surface area contributed by atoms with Crippen LogP contribution in [0.4, 0.5) is 0 Å². The van der Waals surface area contributed by atoms with Crippen LogP contribution in [0.25, 0.3) is 0 Å². The molecule has 0 heterocycles. The second kappa shape index (κ2) is 9.96. The van der Waals surface area contributed by atoms with Gasteiger partial charge in [-0.2, -0.15) is 0 Å². The molecule has 0 aliphatic heterocycles. The Morgan fingerprint density at radius 2 is 1.75 bits per heavy atom. The lowest BCUT2D eigenvalue weighted by atomic mass is 10.1. The van der Waals surface area contributed by atoms with Gasteiger partial charge in [-0.15, -0.1) is 0 Å². The van der Waals surface area contributed by atoms with Gasteiger partial charge in [-0.3, -0.25) is 0 Å². The Hall–Kier alpha value is -2.04. The van der Waals surface area contributed by atoms with E-state index in [1.54, 1.807) is 0 Å². The number of hydrogen-bond acceptors (Lipinski definition) is 2. The molecular formula is C19H24ClN3O. The summed E-state index contributed by atoms with van der Waals surface area (Å²) in [7, 11) is 0. The molecular weight excluding hydrogens is 322 g/mol. The van der Waals surface area contributed by atoms with Crippen molar-refractivity contribution in [3.05, 3.63) is 70.2 Å². The van der Waals surface area contributed by atoms with Crippen LogP contribution < -0.4 is 10.6 Å². The van der Waals surface area contributed by atoms with Crippen molar-refractivity contribution in [2.75, 3.05) is 13.1 Å². The molecule has 128 valence electrons. The molecule has 0 aliphatic rings. The van der Waals surface area contributed by atoms with Crippen molar-refractivity contribution in [2.45, 2.75) is 26.5 Å². The minimum absolute atomic E-state index is 0.0340. The van der Waals surface area contributed by atoms with Crippen LogP contribution >= 0.6 is 11.6 Å². The van der Waals surface area contributed by atoms with E-state index in [4.69, 9.17) is 11.6 Å². The van der Waals surface area contributed by atoms with Gasteiger partial charge in [-0.1, -0.05) is 48.0 Å². The number of halogens is 1. The molecule has 2 rings (SSSR count). The van der Waals surface area contributed by atoms with E-state index in [1.807, 2.05) is 55.5 Å². The molecule has 0 bridgehead atoms. The molecule has 0 fully saturated rings. The Morgan fingerprint density at radius 1 is 1.04 bits per heavy atom. The second-order valence-electron chi connectivity index (χ2n) is 5.43. The highest BCUT2D eigenvalue weighted by Crippen LogP contribution is 2.10. The van der Waals surface area contributed by atoms with Crippen molar-refractivity contribution in [1.29, 1.82) is 0 Å². The van der Waals surface area contributed by atoms with Crippen LogP contribution in [0.5, 0.6) is 0 Å². The number of aliphatic imine (C=N–C) groups is 1. The largest absolute Gasteiger partial charge is 0.392 e. The molecule has 0 atom stereocenters. The van der Waals surface area contributed by atoms with Gasteiger partial charge < -0.3 is 15.7 Å². The first kappa shape index (κ1) is 18.3. The van der Waals surface area contributed by atoms with Crippen LogP contribution in [0.3, 0.4) is 0 Å². The van der Waals surface area contributed by atoms with Gasteiger partial charge in [0.15, 0.2) is 5.96 Å². The van der Waals surface area contributed by atoms with E-state index in [9.17, 15) is 5.11 Å². The van der Waals surface area contributed by atoms with Crippen LogP contribution in [0, 0.1) is 0 Å². The minimum atomic E-state index is 0.0340.